The van der Waals surface area contributed by atoms with Crippen LogP contribution in [0.3, 0.4) is 0 Å². The predicted octanol–water partition coefficient (Wildman–Crippen LogP) is 1.77. The molecule has 1 saturated heterocycles. The molecule has 0 spiro atoms. The van der Waals surface area contributed by atoms with Crippen molar-refractivity contribution in [3.63, 3.8) is 0 Å². The van der Waals surface area contributed by atoms with Gasteiger partial charge in [-0.05, 0) is 31.5 Å². The van der Waals surface area contributed by atoms with E-state index < -0.39 is 0 Å². The maximum absolute atomic E-state index is 11.8. The largest absolute Gasteiger partial charge is 0.444 e. The minimum atomic E-state index is -0.315. The third-order valence-electron chi connectivity index (χ3n) is 2.56. The van der Waals surface area contributed by atoms with Crippen molar-refractivity contribution in [1.82, 2.24) is 10.2 Å². The number of amides is 1. The van der Waals surface area contributed by atoms with E-state index in [0.717, 1.165) is 25.9 Å². The minimum Gasteiger partial charge on any atom is -0.444 e. The smallest absolute Gasteiger partial charge is 0.418 e. The molecular formula is C12H16N2O2. The van der Waals surface area contributed by atoms with E-state index in [4.69, 9.17) is 4.74 Å². The predicted molar refractivity (Wildman–Crippen MR) is 61.6 cm³/mol. The van der Waals surface area contributed by atoms with Gasteiger partial charge in [0.05, 0.1) is 0 Å². The fourth-order valence-corrected chi connectivity index (χ4v) is 1.71. The molecule has 2 aliphatic heterocycles. The van der Waals surface area contributed by atoms with Gasteiger partial charge in [0.1, 0.15) is 6.10 Å². The highest BCUT2D eigenvalue weighted by atomic mass is 16.6. The second-order valence-corrected chi connectivity index (χ2v) is 3.83. The number of hydrogen-bond donors (Lipinski definition) is 1. The molecule has 1 atom stereocenters. The van der Waals surface area contributed by atoms with E-state index in [1.54, 1.807) is 24.6 Å². The summed E-state index contributed by atoms with van der Waals surface area (Å²) in [7, 11) is 0. The van der Waals surface area contributed by atoms with E-state index >= 15 is 0 Å². The lowest BCUT2D eigenvalue weighted by Gasteiger charge is -2.24. The lowest BCUT2D eigenvalue weighted by molar-refractivity contribution is 0.0688. The van der Waals surface area contributed by atoms with Crippen molar-refractivity contribution >= 4 is 6.09 Å². The number of allylic oxidation sites excluding steroid dienone is 4. The lowest BCUT2D eigenvalue weighted by Crippen LogP contribution is -2.38. The van der Waals surface area contributed by atoms with Gasteiger partial charge in [-0.1, -0.05) is 12.2 Å². The number of nitrogens with one attached hydrogen (secondary N) is 1. The van der Waals surface area contributed by atoms with Crippen LogP contribution in [-0.4, -0.2) is 30.2 Å². The first kappa shape index (κ1) is 11.0. The summed E-state index contributed by atoms with van der Waals surface area (Å²) in [6.45, 7) is 1.77. The normalized spacial score (nSPS) is 24.2. The molecule has 4 heteroatoms. The average molecular weight is 220 g/mol. The highest BCUT2D eigenvalue weighted by molar-refractivity contribution is 5.70. The zero-order valence-corrected chi connectivity index (χ0v) is 9.13. The Kier molecular flexibility index (Phi) is 3.77. The van der Waals surface area contributed by atoms with Crippen LogP contribution >= 0.6 is 0 Å². The Bertz CT molecular complexity index is 312. The zero-order valence-electron chi connectivity index (χ0n) is 9.13. The van der Waals surface area contributed by atoms with Crippen LogP contribution in [0.15, 0.2) is 36.7 Å². The van der Waals surface area contributed by atoms with E-state index in [1.807, 2.05) is 12.2 Å². The molecule has 4 nitrogen and oxygen atoms in total. The van der Waals surface area contributed by atoms with Crippen molar-refractivity contribution in [3.8, 4) is 0 Å². The molecule has 2 rings (SSSR count). The highest BCUT2D eigenvalue weighted by Gasteiger charge is 2.19. The van der Waals surface area contributed by atoms with Gasteiger partial charge >= 0.3 is 6.09 Å². The van der Waals surface area contributed by atoms with Gasteiger partial charge in [-0.15, -0.1) is 0 Å². The number of rotatable bonds is 1. The van der Waals surface area contributed by atoms with Crippen molar-refractivity contribution in [1.29, 1.82) is 0 Å². The summed E-state index contributed by atoms with van der Waals surface area (Å²) in [5, 5.41) is 3.21. The van der Waals surface area contributed by atoms with Gasteiger partial charge in [0.25, 0.3) is 0 Å². The molecule has 0 aliphatic carbocycles. The minimum absolute atomic E-state index is 0.000683. The summed E-state index contributed by atoms with van der Waals surface area (Å²) in [4.78, 5) is 13.2. The van der Waals surface area contributed by atoms with Crippen molar-refractivity contribution in [2.24, 2.45) is 0 Å². The molecule has 2 aliphatic rings. The number of nitrogens with zero attached hydrogens (tertiary/aromatic N) is 1. The Hall–Kier alpha value is -1.55. The number of piperidine rings is 1. The molecular weight excluding hydrogens is 204 g/mol. The van der Waals surface area contributed by atoms with Crippen LogP contribution in [-0.2, 0) is 4.74 Å². The summed E-state index contributed by atoms with van der Waals surface area (Å²) >= 11 is 0. The maximum atomic E-state index is 11.8. The SMILES string of the molecule is O=C(OC1CCCNC1)N1C=CC=CC=C1. The van der Waals surface area contributed by atoms with E-state index in [9.17, 15) is 4.79 Å². The Morgan fingerprint density at radius 2 is 2.00 bits per heavy atom. The molecule has 0 aromatic carbocycles. The van der Waals surface area contributed by atoms with Crippen molar-refractivity contribution in [2.75, 3.05) is 13.1 Å². The van der Waals surface area contributed by atoms with Gasteiger partial charge in [0.15, 0.2) is 0 Å². The molecule has 2 heterocycles. The molecule has 0 aromatic heterocycles. The van der Waals surface area contributed by atoms with Crippen LogP contribution in [0.2, 0.25) is 0 Å². The van der Waals surface area contributed by atoms with Gasteiger partial charge < -0.3 is 10.1 Å². The molecule has 16 heavy (non-hydrogen) atoms. The summed E-state index contributed by atoms with van der Waals surface area (Å²) in [6.07, 6.45) is 12.4. The van der Waals surface area contributed by atoms with Crippen molar-refractivity contribution in [3.05, 3.63) is 36.7 Å². The third-order valence-corrected chi connectivity index (χ3v) is 2.56. The van der Waals surface area contributed by atoms with Crippen molar-refractivity contribution in [2.45, 2.75) is 18.9 Å². The second-order valence-electron chi connectivity index (χ2n) is 3.83. The van der Waals surface area contributed by atoms with E-state index in [2.05, 4.69) is 5.32 Å². The topological polar surface area (TPSA) is 41.6 Å². The number of ether oxygens (including phenoxy) is 1. The van der Waals surface area contributed by atoms with Crippen LogP contribution in [0.1, 0.15) is 12.8 Å². The molecule has 0 bridgehead atoms. The van der Waals surface area contributed by atoms with Crippen LogP contribution in [0, 0.1) is 0 Å². The van der Waals surface area contributed by atoms with E-state index in [-0.39, 0.29) is 12.2 Å². The Morgan fingerprint density at radius 1 is 1.25 bits per heavy atom. The average Bonchev–Trinajstić information content (AvgIpc) is 2.59. The Labute approximate surface area is 95.3 Å². The Morgan fingerprint density at radius 3 is 2.62 bits per heavy atom. The number of carbonyl (C=O) groups excluding carboxylic acids is 1. The zero-order chi connectivity index (χ0) is 11.2. The fourth-order valence-electron chi connectivity index (χ4n) is 1.71. The molecule has 86 valence electrons. The highest BCUT2D eigenvalue weighted by Crippen LogP contribution is 2.09. The maximum Gasteiger partial charge on any atom is 0.418 e. The second kappa shape index (κ2) is 5.51. The quantitative estimate of drug-likeness (QED) is 0.732. The van der Waals surface area contributed by atoms with Gasteiger partial charge in [-0.2, -0.15) is 0 Å². The first-order chi connectivity index (χ1) is 7.86. The molecule has 1 N–H and O–H groups in total. The number of hydrogen-bond acceptors (Lipinski definition) is 3. The molecule has 1 unspecified atom stereocenters. The van der Waals surface area contributed by atoms with Gasteiger partial charge in [0, 0.05) is 18.9 Å². The fraction of sp³-hybridized carbons (Fsp3) is 0.417. The van der Waals surface area contributed by atoms with E-state index in [1.165, 1.54) is 4.90 Å². The molecule has 0 radical (unpaired) electrons. The van der Waals surface area contributed by atoms with E-state index in [0.29, 0.717) is 0 Å². The summed E-state index contributed by atoms with van der Waals surface area (Å²) in [5.41, 5.74) is 0. The summed E-state index contributed by atoms with van der Waals surface area (Å²) in [5.74, 6) is 0. The summed E-state index contributed by atoms with van der Waals surface area (Å²) in [6, 6.07) is 0. The number of carbonyl (C=O) groups is 1. The summed E-state index contributed by atoms with van der Waals surface area (Å²) < 4.78 is 5.38. The Balaban J connectivity index is 1.87. The van der Waals surface area contributed by atoms with Crippen molar-refractivity contribution < 1.29 is 9.53 Å². The molecule has 0 saturated carbocycles. The van der Waals surface area contributed by atoms with Gasteiger partial charge in [-0.25, -0.2) is 4.79 Å². The first-order valence-corrected chi connectivity index (χ1v) is 5.57. The lowest BCUT2D eigenvalue weighted by atomic mass is 10.1. The van der Waals surface area contributed by atoms with Gasteiger partial charge in [-0.3, -0.25) is 4.90 Å². The van der Waals surface area contributed by atoms with Crippen LogP contribution in [0.25, 0.3) is 0 Å². The molecule has 1 fully saturated rings. The van der Waals surface area contributed by atoms with Gasteiger partial charge in [0.2, 0.25) is 0 Å². The third kappa shape index (κ3) is 2.97. The molecule has 0 aromatic rings. The molecule has 1 amide bonds. The first-order valence-electron chi connectivity index (χ1n) is 5.57. The van der Waals surface area contributed by atoms with Crippen LogP contribution in [0.4, 0.5) is 4.79 Å². The van der Waals surface area contributed by atoms with Crippen LogP contribution in [0.5, 0.6) is 0 Å². The monoisotopic (exact) mass is 220 g/mol. The standard InChI is InChI=1S/C12H16N2O2/c15-12(14-8-3-1-2-4-9-14)16-11-6-5-7-13-10-11/h1-4,8-9,11,13H,5-7,10H2. The van der Waals surface area contributed by atoms with Crippen LogP contribution < -0.4 is 5.32 Å².